The van der Waals surface area contributed by atoms with Crippen LogP contribution in [0.4, 0.5) is 19.0 Å². The third kappa shape index (κ3) is 6.70. The van der Waals surface area contributed by atoms with Gasteiger partial charge < -0.3 is 30.9 Å². The van der Waals surface area contributed by atoms with Gasteiger partial charge in [-0.15, -0.1) is 0 Å². The van der Waals surface area contributed by atoms with Crippen LogP contribution in [0.3, 0.4) is 0 Å². The minimum atomic E-state index is -0.973. The van der Waals surface area contributed by atoms with Crippen molar-refractivity contribution < 1.29 is 32.9 Å². The minimum Gasteiger partial charge on any atom is -0.508 e. The number of aliphatic hydroxyl groups excluding tert-OH is 1. The number of aliphatic hydroxyl groups is 1. The van der Waals surface area contributed by atoms with Gasteiger partial charge in [0.05, 0.1) is 35.5 Å². The summed E-state index contributed by atoms with van der Waals surface area (Å²) < 4.78 is 52.9. The van der Waals surface area contributed by atoms with Crippen molar-refractivity contribution >= 4 is 39.1 Å². The Morgan fingerprint density at radius 3 is 2.87 bits per heavy atom. The van der Waals surface area contributed by atoms with Gasteiger partial charge in [0.1, 0.15) is 41.4 Å². The SMILES string of the molecule is CCc1c(F)ccc2cc(O)cc(-c3ncc4c(N5CCCN=C(C=C(N)C(=O)NCCO)C5)nc(OC[C@@]56CCCN5C[C@H](F)C6)nc4c3F)c12. The van der Waals surface area contributed by atoms with Gasteiger partial charge in [-0.05, 0) is 72.8 Å². The number of ether oxygens (including phenoxy) is 1. The number of carbonyl (C=O) groups excluding carboxylic acids is 1. The van der Waals surface area contributed by atoms with Gasteiger partial charge in [0.2, 0.25) is 0 Å². The van der Waals surface area contributed by atoms with E-state index in [2.05, 4.69) is 25.2 Å². The number of anilines is 1. The zero-order valence-electron chi connectivity index (χ0n) is 28.8. The van der Waals surface area contributed by atoms with Gasteiger partial charge in [-0.25, -0.2) is 13.2 Å². The number of hydrogen-bond acceptors (Lipinski definition) is 11. The summed E-state index contributed by atoms with van der Waals surface area (Å²) in [5, 5.41) is 23.4. The van der Waals surface area contributed by atoms with Gasteiger partial charge in [0, 0.05) is 44.4 Å². The molecule has 274 valence electrons. The van der Waals surface area contributed by atoms with E-state index in [1.807, 2.05) is 4.90 Å². The number of aryl methyl sites for hydroxylation is 1. The zero-order valence-corrected chi connectivity index (χ0v) is 28.8. The van der Waals surface area contributed by atoms with Gasteiger partial charge in [-0.1, -0.05) is 13.0 Å². The molecular formula is C37H41F3N8O4. The maximum atomic E-state index is 17.0. The number of phenols is 1. The summed E-state index contributed by atoms with van der Waals surface area (Å²) in [6.45, 7) is 3.84. The van der Waals surface area contributed by atoms with Crippen LogP contribution in [0.5, 0.6) is 11.8 Å². The molecule has 2 aromatic carbocycles. The lowest BCUT2D eigenvalue weighted by Crippen LogP contribution is -2.43. The molecule has 15 heteroatoms. The number of nitrogens with one attached hydrogen (secondary N) is 1. The average Bonchev–Trinajstić information content (AvgIpc) is 3.55. The smallest absolute Gasteiger partial charge is 0.319 e. The number of alkyl halides is 1. The second-order valence-corrected chi connectivity index (χ2v) is 13.6. The van der Waals surface area contributed by atoms with Crippen molar-refractivity contribution in [2.75, 3.05) is 57.4 Å². The summed E-state index contributed by atoms with van der Waals surface area (Å²) in [7, 11) is 0. The first-order chi connectivity index (χ1) is 25.1. The van der Waals surface area contributed by atoms with E-state index in [0.717, 1.165) is 19.4 Å². The molecule has 7 rings (SSSR count). The Labute approximate surface area is 298 Å². The first-order valence-electron chi connectivity index (χ1n) is 17.6. The monoisotopic (exact) mass is 718 g/mol. The molecule has 0 bridgehead atoms. The summed E-state index contributed by atoms with van der Waals surface area (Å²) in [6.07, 6.45) is 4.84. The molecule has 3 aliphatic heterocycles. The number of pyridine rings is 1. The van der Waals surface area contributed by atoms with Crippen LogP contribution < -0.4 is 20.7 Å². The first-order valence-corrected chi connectivity index (χ1v) is 17.6. The van der Waals surface area contributed by atoms with Crippen molar-refractivity contribution in [2.45, 2.75) is 50.7 Å². The van der Waals surface area contributed by atoms with E-state index in [9.17, 15) is 14.3 Å². The third-order valence-electron chi connectivity index (χ3n) is 10.2. The predicted octanol–water partition coefficient (Wildman–Crippen LogP) is 3.95. The molecular weight excluding hydrogens is 677 g/mol. The zero-order chi connectivity index (χ0) is 36.6. The highest BCUT2D eigenvalue weighted by atomic mass is 19.1. The Balaban J connectivity index is 1.34. The number of halogens is 3. The van der Waals surface area contributed by atoms with Gasteiger partial charge in [-0.2, -0.15) is 9.97 Å². The fraction of sp³-hybridized carbons (Fsp3) is 0.432. The molecule has 0 unspecified atom stereocenters. The summed E-state index contributed by atoms with van der Waals surface area (Å²) in [5.41, 5.74) is 6.26. The highest BCUT2D eigenvalue weighted by molar-refractivity contribution is 6.06. The quantitative estimate of drug-likeness (QED) is 0.177. The Kier molecular flexibility index (Phi) is 9.90. The number of rotatable bonds is 10. The summed E-state index contributed by atoms with van der Waals surface area (Å²) in [4.78, 5) is 34.8. The highest BCUT2D eigenvalue weighted by Crippen LogP contribution is 2.42. The van der Waals surface area contributed by atoms with E-state index in [0.29, 0.717) is 66.8 Å². The van der Waals surface area contributed by atoms with Crippen LogP contribution in [0.15, 0.2) is 47.2 Å². The lowest BCUT2D eigenvalue weighted by molar-refractivity contribution is -0.117. The van der Waals surface area contributed by atoms with E-state index in [-0.39, 0.29) is 65.9 Å². The number of aromatic nitrogens is 3. The lowest BCUT2D eigenvalue weighted by atomic mass is 9.94. The number of fused-ring (bicyclic) bond motifs is 3. The van der Waals surface area contributed by atoms with Crippen molar-refractivity contribution in [3.8, 4) is 23.0 Å². The molecule has 0 spiro atoms. The number of amides is 1. The Hall–Kier alpha value is -5.02. The van der Waals surface area contributed by atoms with E-state index < -0.39 is 29.3 Å². The number of nitrogens with zero attached hydrogens (tertiary/aromatic N) is 6. The summed E-state index contributed by atoms with van der Waals surface area (Å²) in [5.74, 6) is -1.65. The molecule has 5 N–H and O–H groups in total. The number of aliphatic imine (C=N–C) groups is 1. The lowest BCUT2D eigenvalue weighted by Gasteiger charge is -2.31. The number of benzene rings is 2. The van der Waals surface area contributed by atoms with Crippen LogP contribution in [0.2, 0.25) is 0 Å². The first kappa shape index (κ1) is 35.4. The maximum absolute atomic E-state index is 17.0. The third-order valence-corrected chi connectivity index (χ3v) is 10.2. The number of phenolic OH excluding ortho intramolecular Hbond substituents is 1. The molecule has 2 saturated heterocycles. The molecule has 2 aromatic heterocycles. The molecule has 52 heavy (non-hydrogen) atoms. The average molecular weight is 719 g/mol. The fourth-order valence-electron chi connectivity index (χ4n) is 7.79. The highest BCUT2D eigenvalue weighted by Gasteiger charge is 2.49. The molecule has 0 aliphatic carbocycles. The molecule has 3 aliphatic rings. The normalized spacial score (nSPS) is 21.0. The topological polar surface area (TPSA) is 162 Å². The van der Waals surface area contributed by atoms with Crippen molar-refractivity contribution in [2.24, 2.45) is 10.7 Å². The molecule has 5 heterocycles. The van der Waals surface area contributed by atoms with Gasteiger partial charge in [-0.3, -0.25) is 19.7 Å². The summed E-state index contributed by atoms with van der Waals surface area (Å²) in [6, 6.07) is 5.61. The number of aromatic hydroxyl groups is 1. The standard InChI is InChI=1S/C37H41F3N8O4/c1-2-25-28(39)6-5-21-13-24(50)15-26(30(21)25)32-31(40)33-27(17-44-32)34(46-36(45-33)52-20-37-7-3-11-48(37)18-22(38)16-37)47-10-4-8-42-23(19-47)14-29(41)35(51)43-9-12-49/h5-6,13-15,17,22,49-50H,2-4,7-12,16,18-20,41H2,1H3,(H,43,51)/t22-,37+/m1/s1. The van der Waals surface area contributed by atoms with Crippen molar-refractivity contribution in [1.82, 2.24) is 25.2 Å². The van der Waals surface area contributed by atoms with Crippen LogP contribution in [-0.4, -0.2) is 106 Å². The van der Waals surface area contributed by atoms with Crippen LogP contribution in [-0.2, 0) is 11.2 Å². The van der Waals surface area contributed by atoms with E-state index in [1.165, 1.54) is 36.5 Å². The Bertz CT molecular complexity index is 2100. The second kappa shape index (κ2) is 14.5. The Morgan fingerprint density at radius 2 is 2.06 bits per heavy atom. The van der Waals surface area contributed by atoms with Gasteiger partial charge >= 0.3 is 6.01 Å². The predicted molar refractivity (Wildman–Crippen MR) is 191 cm³/mol. The molecule has 2 atom stereocenters. The fourth-order valence-corrected chi connectivity index (χ4v) is 7.79. The molecule has 2 fully saturated rings. The van der Waals surface area contributed by atoms with Gasteiger partial charge in [0.15, 0.2) is 5.82 Å². The molecule has 0 radical (unpaired) electrons. The van der Waals surface area contributed by atoms with E-state index in [4.69, 9.17) is 20.6 Å². The van der Waals surface area contributed by atoms with E-state index >= 15 is 8.78 Å². The summed E-state index contributed by atoms with van der Waals surface area (Å²) >= 11 is 0. The largest absolute Gasteiger partial charge is 0.508 e. The molecule has 4 aromatic rings. The number of nitrogens with two attached hydrogens (primary N) is 1. The van der Waals surface area contributed by atoms with Crippen molar-refractivity contribution in [3.63, 3.8) is 0 Å². The van der Waals surface area contributed by atoms with Gasteiger partial charge in [0.25, 0.3) is 5.91 Å². The second-order valence-electron chi connectivity index (χ2n) is 13.6. The molecule has 1 amide bonds. The Morgan fingerprint density at radius 1 is 1.21 bits per heavy atom. The van der Waals surface area contributed by atoms with Crippen molar-refractivity contribution in [3.05, 3.63) is 59.4 Å². The van der Waals surface area contributed by atoms with Crippen molar-refractivity contribution in [1.29, 1.82) is 0 Å². The van der Waals surface area contributed by atoms with Crippen LogP contribution >= 0.6 is 0 Å². The van der Waals surface area contributed by atoms with Crippen LogP contribution in [0.1, 0.15) is 38.2 Å². The van der Waals surface area contributed by atoms with Crippen LogP contribution in [0, 0.1) is 11.6 Å². The van der Waals surface area contributed by atoms with E-state index in [1.54, 1.807) is 6.92 Å². The molecule has 0 saturated carbocycles. The van der Waals surface area contributed by atoms with Crippen LogP contribution in [0.25, 0.3) is 32.9 Å². The maximum Gasteiger partial charge on any atom is 0.319 e. The molecule has 12 nitrogen and oxygen atoms in total. The minimum absolute atomic E-state index is 0.0420. The number of carbonyl (C=O) groups is 1. The number of hydrogen-bond donors (Lipinski definition) is 4.